The van der Waals surface area contributed by atoms with Gasteiger partial charge >= 0.3 is 17.9 Å². The van der Waals surface area contributed by atoms with Crippen LogP contribution in [0, 0.1) is 0 Å². The van der Waals surface area contributed by atoms with Crippen LogP contribution in [0.15, 0.2) is 85.2 Å². The van der Waals surface area contributed by atoms with Gasteiger partial charge < -0.3 is 61.6 Å². The van der Waals surface area contributed by atoms with Gasteiger partial charge in [-0.3, -0.25) is 0 Å². The molecule has 0 aliphatic carbocycles. The molecule has 0 N–H and O–H groups in total. The number of hydrogen-bond acceptors (Lipinski definition) is 15. The average molecular weight is 807 g/mol. The Bertz CT molecular complexity index is 1350. The molecule has 0 radical (unpaired) electrons. The van der Waals surface area contributed by atoms with Gasteiger partial charge in [-0.2, -0.15) is 0 Å². The number of esters is 2. The minimum absolute atomic E-state index is 0.0920. The van der Waals surface area contributed by atoms with Crippen LogP contribution in [-0.4, -0.2) is 129 Å². The van der Waals surface area contributed by atoms with Crippen LogP contribution in [0.3, 0.4) is 0 Å². The van der Waals surface area contributed by atoms with E-state index in [4.69, 9.17) is 61.6 Å². The van der Waals surface area contributed by atoms with E-state index in [9.17, 15) is 9.59 Å². The Morgan fingerprint density at radius 1 is 0.596 bits per heavy atom. The van der Waals surface area contributed by atoms with E-state index in [2.05, 4.69) is 6.58 Å². The SMILES string of the molecule is C=CC(=O)OC(COCCOCCOCCOCCOCCOC(=O)C(=COc1ccccc1)C(OCC)(OCC)C(OCC)(OCC)OCC)c1ccccc1. The summed E-state index contributed by atoms with van der Waals surface area (Å²) in [5, 5.41) is 0. The van der Waals surface area contributed by atoms with Crippen molar-refractivity contribution in [2.45, 2.75) is 52.5 Å². The van der Waals surface area contributed by atoms with Crippen LogP contribution < -0.4 is 4.74 Å². The number of rotatable bonds is 35. The molecule has 320 valence electrons. The highest BCUT2D eigenvalue weighted by molar-refractivity contribution is 5.90. The number of para-hydroxylation sites is 1. The van der Waals surface area contributed by atoms with E-state index >= 15 is 0 Å². The van der Waals surface area contributed by atoms with Crippen LogP contribution in [0.4, 0.5) is 0 Å². The molecule has 0 heterocycles. The molecule has 0 amide bonds. The lowest BCUT2D eigenvalue weighted by atomic mass is 10.0. The van der Waals surface area contributed by atoms with Gasteiger partial charge in [0.05, 0.1) is 66.1 Å². The first-order valence-electron chi connectivity index (χ1n) is 19.4. The van der Waals surface area contributed by atoms with Gasteiger partial charge in [0.2, 0.25) is 0 Å². The molecule has 0 saturated carbocycles. The van der Waals surface area contributed by atoms with Gasteiger partial charge in [-0.1, -0.05) is 55.1 Å². The second-order valence-corrected chi connectivity index (χ2v) is 11.5. The van der Waals surface area contributed by atoms with Gasteiger partial charge in [-0.05, 0) is 52.3 Å². The summed E-state index contributed by atoms with van der Waals surface area (Å²) >= 11 is 0. The molecule has 0 aromatic heterocycles. The van der Waals surface area contributed by atoms with Gasteiger partial charge in [0.1, 0.15) is 24.2 Å². The van der Waals surface area contributed by atoms with Gasteiger partial charge in [0, 0.05) is 39.1 Å². The Hall–Kier alpha value is -3.74. The summed E-state index contributed by atoms with van der Waals surface area (Å²) in [4.78, 5) is 25.6. The molecule has 0 fully saturated rings. The predicted octanol–water partition coefficient (Wildman–Crippen LogP) is 5.58. The lowest BCUT2D eigenvalue weighted by molar-refractivity contribution is -0.483. The van der Waals surface area contributed by atoms with E-state index in [1.165, 1.54) is 6.26 Å². The van der Waals surface area contributed by atoms with Crippen LogP contribution >= 0.6 is 0 Å². The molecule has 1 unspecified atom stereocenters. The average Bonchev–Trinajstić information content (AvgIpc) is 3.22. The Kier molecular flexibility index (Phi) is 26.3. The van der Waals surface area contributed by atoms with Crippen molar-refractivity contribution in [2.24, 2.45) is 0 Å². The zero-order valence-electron chi connectivity index (χ0n) is 34.2. The fourth-order valence-corrected chi connectivity index (χ4v) is 5.21. The fraction of sp³-hybridized carbons (Fsp3) is 0.571. The molecule has 15 heteroatoms. The van der Waals surface area contributed by atoms with Crippen molar-refractivity contribution >= 4 is 11.9 Å². The number of carbonyl (C=O) groups excluding carboxylic acids is 2. The lowest BCUT2D eigenvalue weighted by Crippen LogP contribution is -2.65. The topological polar surface area (TPSA) is 154 Å². The van der Waals surface area contributed by atoms with E-state index < -0.39 is 29.8 Å². The van der Waals surface area contributed by atoms with Crippen molar-refractivity contribution in [3.05, 3.63) is 90.7 Å². The second kappa shape index (κ2) is 30.4. The Morgan fingerprint density at radius 2 is 1.04 bits per heavy atom. The first-order chi connectivity index (χ1) is 27.9. The van der Waals surface area contributed by atoms with E-state index in [1.54, 1.807) is 58.9 Å². The molecular formula is C42H62O15. The van der Waals surface area contributed by atoms with Crippen LogP contribution in [0.25, 0.3) is 0 Å². The molecule has 2 rings (SSSR count). The molecular weight excluding hydrogens is 744 g/mol. The highest BCUT2D eigenvalue weighted by atomic mass is 16.9. The van der Waals surface area contributed by atoms with Gasteiger partial charge in [0.15, 0.2) is 6.10 Å². The maximum atomic E-state index is 13.9. The third kappa shape index (κ3) is 17.7. The Labute approximate surface area is 337 Å². The Balaban J connectivity index is 1.76. The fourth-order valence-electron chi connectivity index (χ4n) is 5.21. The summed E-state index contributed by atoms with van der Waals surface area (Å²) in [5.41, 5.74) is 0.660. The predicted molar refractivity (Wildman–Crippen MR) is 209 cm³/mol. The molecule has 57 heavy (non-hydrogen) atoms. The largest absolute Gasteiger partial charge is 0.464 e. The zero-order valence-corrected chi connectivity index (χ0v) is 34.2. The molecule has 0 saturated heterocycles. The third-order valence-electron chi connectivity index (χ3n) is 7.55. The van der Waals surface area contributed by atoms with Crippen molar-refractivity contribution in [1.82, 2.24) is 0 Å². The number of ether oxygens (including phenoxy) is 13. The summed E-state index contributed by atoms with van der Waals surface area (Å²) in [6, 6.07) is 18.3. The highest BCUT2D eigenvalue weighted by Gasteiger charge is 2.63. The lowest BCUT2D eigenvalue weighted by Gasteiger charge is -2.46. The minimum Gasteiger partial charge on any atom is -0.464 e. The molecule has 1 atom stereocenters. The normalized spacial score (nSPS) is 12.6. The minimum atomic E-state index is -2.04. The first kappa shape index (κ1) is 49.4. The van der Waals surface area contributed by atoms with Crippen LogP contribution in [0.5, 0.6) is 5.75 Å². The number of benzene rings is 2. The van der Waals surface area contributed by atoms with Gasteiger partial charge in [0.25, 0.3) is 5.79 Å². The maximum Gasteiger partial charge on any atom is 0.346 e. The monoisotopic (exact) mass is 806 g/mol. The van der Waals surface area contributed by atoms with E-state index in [0.29, 0.717) is 52.0 Å². The highest BCUT2D eigenvalue weighted by Crippen LogP contribution is 2.41. The third-order valence-corrected chi connectivity index (χ3v) is 7.55. The molecule has 15 nitrogen and oxygen atoms in total. The summed E-state index contributed by atoms with van der Waals surface area (Å²) in [6.45, 7) is 15.8. The van der Waals surface area contributed by atoms with Crippen molar-refractivity contribution in [3.8, 4) is 5.75 Å². The van der Waals surface area contributed by atoms with Gasteiger partial charge in [-0.25, -0.2) is 9.59 Å². The molecule has 0 spiro atoms. The maximum absolute atomic E-state index is 13.9. The quantitative estimate of drug-likeness (QED) is 0.0280. The second-order valence-electron chi connectivity index (χ2n) is 11.5. The summed E-state index contributed by atoms with van der Waals surface area (Å²) in [7, 11) is 0. The van der Waals surface area contributed by atoms with Gasteiger partial charge in [-0.15, -0.1) is 0 Å². The molecule has 0 aliphatic heterocycles. The molecule has 0 bridgehead atoms. The van der Waals surface area contributed by atoms with Crippen molar-refractivity contribution in [1.29, 1.82) is 0 Å². The van der Waals surface area contributed by atoms with Crippen molar-refractivity contribution in [3.63, 3.8) is 0 Å². The van der Waals surface area contributed by atoms with Crippen molar-refractivity contribution in [2.75, 3.05) is 106 Å². The Morgan fingerprint density at radius 3 is 1.49 bits per heavy atom. The number of hydrogen-bond donors (Lipinski definition) is 0. The zero-order chi connectivity index (χ0) is 41.5. The van der Waals surface area contributed by atoms with E-state index in [0.717, 1.165) is 11.6 Å². The standard InChI is InChI=1S/C42H62O15/c1-7-39(43)57-38(35-19-15-13-16-20-35)34-49-30-29-47-26-25-45-23-24-46-27-28-48-31-32-50-40(44)37(33-51-36-21-17-14-18-22-36)41(52-8-2,53-9-3)42(54-10-4,55-11-5)56-12-6/h7,13-22,33,38H,1,8-12,23-32,34H2,2-6H3. The van der Waals surface area contributed by atoms with Crippen LogP contribution in [0.1, 0.15) is 46.3 Å². The molecule has 2 aromatic carbocycles. The van der Waals surface area contributed by atoms with Crippen LogP contribution in [-0.2, 0) is 66.4 Å². The first-order valence-corrected chi connectivity index (χ1v) is 19.4. The number of carbonyl (C=O) groups is 2. The molecule has 0 aliphatic rings. The summed E-state index contributed by atoms with van der Waals surface area (Å²) in [6.07, 6.45) is 1.80. The molecule has 2 aromatic rings. The summed E-state index contributed by atoms with van der Waals surface area (Å²) < 4.78 is 75.5. The summed E-state index contributed by atoms with van der Waals surface area (Å²) in [5.74, 6) is -4.89. The smallest absolute Gasteiger partial charge is 0.346 e. The van der Waals surface area contributed by atoms with E-state index in [-0.39, 0.29) is 65.0 Å². The van der Waals surface area contributed by atoms with E-state index in [1.807, 2.05) is 36.4 Å². The van der Waals surface area contributed by atoms with Crippen LogP contribution in [0.2, 0.25) is 0 Å². The van der Waals surface area contributed by atoms with Crippen molar-refractivity contribution < 1.29 is 71.2 Å².